The summed E-state index contributed by atoms with van der Waals surface area (Å²) in [4.78, 5) is 17.2. The van der Waals surface area contributed by atoms with E-state index >= 15 is 0 Å². The standard InChI is InChI=1S/C24H30N2O3S/c27-23(19-20-11-17-30(28,29)18-12-20)25-13-15-26(16-14-25)24(21-7-3-1-4-8-21)22-9-5-2-6-10-22/h1-10,20,24H,11-19H2. The molecule has 2 aromatic rings. The molecule has 2 aliphatic heterocycles. The molecule has 2 aliphatic rings. The van der Waals surface area contributed by atoms with Gasteiger partial charge in [-0.15, -0.1) is 0 Å². The fourth-order valence-corrected chi connectivity index (χ4v) is 6.22. The van der Waals surface area contributed by atoms with Gasteiger partial charge in [-0.25, -0.2) is 8.42 Å². The van der Waals surface area contributed by atoms with Crippen LogP contribution in [0.4, 0.5) is 0 Å². The smallest absolute Gasteiger partial charge is 0.222 e. The molecule has 0 radical (unpaired) electrons. The molecule has 0 unspecified atom stereocenters. The van der Waals surface area contributed by atoms with Crippen molar-refractivity contribution in [2.45, 2.75) is 25.3 Å². The number of piperazine rings is 1. The second-order valence-electron chi connectivity index (χ2n) is 8.44. The van der Waals surface area contributed by atoms with Gasteiger partial charge in [-0.05, 0) is 29.9 Å². The van der Waals surface area contributed by atoms with E-state index in [0.29, 0.717) is 19.3 Å². The number of sulfone groups is 1. The maximum Gasteiger partial charge on any atom is 0.222 e. The average molecular weight is 427 g/mol. The predicted molar refractivity (Wildman–Crippen MR) is 119 cm³/mol. The lowest BCUT2D eigenvalue weighted by molar-refractivity contribution is -0.134. The highest BCUT2D eigenvalue weighted by Crippen LogP contribution is 2.30. The summed E-state index contributed by atoms with van der Waals surface area (Å²) in [6.07, 6.45) is 1.73. The van der Waals surface area contributed by atoms with Crippen molar-refractivity contribution in [1.29, 1.82) is 0 Å². The van der Waals surface area contributed by atoms with Gasteiger partial charge < -0.3 is 4.90 Å². The van der Waals surface area contributed by atoms with Gasteiger partial charge in [0.15, 0.2) is 0 Å². The van der Waals surface area contributed by atoms with Crippen LogP contribution >= 0.6 is 0 Å². The number of hydrogen-bond acceptors (Lipinski definition) is 4. The van der Waals surface area contributed by atoms with Gasteiger partial charge in [-0.2, -0.15) is 0 Å². The second kappa shape index (κ2) is 9.31. The molecular weight excluding hydrogens is 396 g/mol. The highest BCUT2D eigenvalue weighted by Gasteiger charge is 2.30. The minimum absolute atomic E-state index is 0.176. The molecular formula is C24H30N2O3S. The van der Waals surface area contributed by atoms with E-state index in [1.54, 1.807) is 0 Å². The van der Waals surface area contributed by atoms with E-state index in [4.69, 9.17) is 0 Å². The van der Waals surface area contributed by atoms with Crippen LogP contribution in [0.25, 0.3) is 0 Å². The Morgan fingerprint density at radius 3 is 1.83 bits per heavy atom. The van der Waals surface area contributed by atoms with Gasteiger partial charge in [-0.1, -0.05) is 60.7 Å². The molecule has 5 nitrogen and oxygen atoms in total. The largest absolute Gasteiger partial charge is 0.340 e. The van der Waals surface area contributed by atoms with Crippen LogP contribution < -0.4 is 0 Å². The van der Waals surface area contributed by atoms with E-state index in [1.165, 1.54) is 11.1 Å². The molecule has 6 heteroatoms. The van der Waals surface area contributed by atoms with E-state index in [1.807, 2.05) is 17.0 Å². The number of nitrogens with zero attached hydrogens (tertiary/aromatic N) is 2. The average Bonchev–Trinajstić information content (AvgIpc) is 2.77. The van der Waals surface area contributed by atoms with E-state index in [2.05, 4.69) is 53.4 Å². The Hall–Kier alpha value is -2.18. The summed E-state index contributed by atoms with van der Waals surface area (Å²) in [5, 5.41) is 0. The number of amides is 1. The van der Waals surface area contributed by atoms with Gasteiger partial charge in [0.25, 0.3) is 0 Å². The van der Waals surface area contributed by atoms with Crippen LogP contribution in [0.5, 0.6) is 0 Å². The van der Waals surface area contributed by atoms with Gasteiger partial charge in [0.05, 0.1) is 17.5 Å². The number of hydrogen-bond donors (Lipinski definition) is 0. The quantitative estimate of drug-likeness (QED) is 0.737. The monoisotopic (exact) mass is 426 g/mol. The molecule has 2 aromatic carbocycles. The lowest BCUT2D eigenvalue weighted by Crippen LogP contribution is -2.50. The van der Waals surface area contributed by atoms with Crippen molar-refractivity contribution >= 4 is 15.7 Å². The lowest BCUT2D eigenvalue weighted by Gasteiger charge is -2.40. The Morgan fingerprint density at radius 1 is 0.833 bits per heavy atom. The van der Waals surface area contributed by atoms with Crippen molar-refractivity contribution in [2.75, 3.05) is 37.7 Å². The molecule has 0 aliphatic carbocycles. The third-order valence-electron chi connectivity index (χ3n) is 6.40. The zero-order chi connectivity index (χ0) is 21.0. The van der Waals surface area contributed by atoms with Crippen molar-refractivity contribution in [2.24, 2.45) is 5.92 Å². The maximum absolute atomic E-state index is 12.8. The van der Waals surface area contributed by atoms with Crippen LogP contribution in [0, 0.1) is 5.92 Å². The molecule has 0 bridgehead atoms. The number of carbonyl (C=O) groups is 1. The number of benzene rings is 2. The summed E-state index contributed by atoms with van der Waals surface area (Å²) >= 11 is 0. The van der Waals surface area contributed by atoms with Crippen LogP contribution in [-0.2, 0) is 14.6 Å². The molecule has 2 fully saturated rings. The first-order chi connectivity index (χ1) is 14.5. The van der Waals surface area contributed by atoms with Gasteiger partial charge >= 0.3 is 0 Å². The van der Waals surface area contributed by atoms with Crippen LogP contribution in [0.1, 0.15) is 36.4 Å². The third kappa shape index (κ3) is 5.10. The number of rotatable bonds is 5. The summed E-state index contributed by atoms with van der Waals surface area (Å²) in [5.74, 6) is 0.846. The molecule has 0 aromatic heterocycles. The summed E-state index contributed by atoms with van der Waals surface area (Å²) in [7, 11) is -2.88. The first-order valence-corrected chi connectivity index (χ1v) is 12.7. The van der Waals surface area contributed by atoms with Gasteiger partial charge in [0.1, 0.15) is 9.84 Å². The van der Waals surface area contributed by atoms with Crippen LogP contribution in [0.2, 0.25) is 0 Å². The molecule has 0 atom stereocenters. The molecule has 2 heterocycles. The SMILES string of the molecule is O=C(CC1CCS(=O)(=O)CC1)N1CCN(C(c2ccccc2)c2ccccc2)CC1. The zero-order valence-electron chi connectivity index (χ0n) is 17.3. The first kappa shape index (κ1) is 21.1. The summed E-state index contributed by atoms with van der Waals surface area (Å²) in [6.45, 7) is 3.11. The normalized spacial score (nSPS) is 20.4. The topological polar surface area (TPSA) is 57.7 Å². The van der Waals surface area contributed by atoms with Crippen molar-refractivity contribution in [3.8, 4) is 0 Å². The third-order valence-corrected chi connectivity index (χ3v) is 8.12. The summed E-state index contributed by atoms with van der Waals surface area (Å²) < 4.78 is 23.2. The van der Waals surface area contributed by atoms with Gasteiger partial charge in [0, 0.05) is 32.6 Å². The van der Waals surface area contributed by atoms with Gasteiger partial charge in [0.2, 0.25) is 5.91 Å². The highest BCUT2D eigenvalue weighted by molar-refractivity contribution is 7.91. The molecule has 1 amide bonds. The van der Waals surface area contributed by atoms with E-state index in [-0.39, 0.29) is 29.4 Å². The number of carbonyl (C=O) groups excluding carboxylic acids is 1. The van der Waals surface area contributed by atoms with Crippen molar-refractivity contribution in [1.82, 2.24) is 9.80 Å². The fraction of sp³-hybridized carbons (Fsp3) is 0.458. The van der Waals surface area contributed by atoms with Crippen LogP contribution in [0.15, 0.2) is 60.7 Å². The predicted octanol–water partition coefficient (Wildman–Crippen LogP) is 3.14. The van der Waals surface area contributed by atoms with Crippen LogP contribution in [0.3, 0.4) is 0 Å². The zero-order valence-corrected chi connectivity index (χ0v) is 18.1. The Labute approximate surface area is 179 Å². The Bertz CT molecular complexity index is 885. The minimum atomic E-state index is -2.88. The van der Waals surface area contributed by atoms with Crippen molar-refractivity contribution in [3.63, 3.8) is 0 Å². The fourth-order valence-electron chi connectivity index (χ4n) is 4.63. The summed E-state index contributed by atoms with van der Waals surface area (Å²) in [5.41, 5.74) is 2.54. The molecule has 0 N–H and O–H groups in total. The Morgan fingerprint density at radius 2 is 1.33 bits per heavy atom. The molecule has 30 heavy (non-hydrogen) atoms. The van der Waals surface area contributed by atoms with Crippen molar-refractivity contribution in [3.05, 3.63) is 71.8 Å². The highest BCUT2D eigenvalue weighted by atomic mass is 32.2. The maximum atomic E-state index is 12.8. The van der Waals surface area contributed by atoms with E-state index in [9.17, 15) is 13.2 Å². The van der Waals surface area contributed by atoms with Crippen LogP contribution in [-0.4, -0.2) is 61.8 Å². The Kier molecular flexibility index (Phi) is 6.54. The molecule has 2 saturated heterocycles. The van der Waals surface area contributed by atoms with E-state index in [0.717, 1.165) is 26.2 Å². The second-order valence-corrected chi connectivity index (χ2v) is 10.7. The molecule has 160 valence electrons. The summed E-state index contributed by atoms with van der Waals surface area (Å²) in [6, 6.07) is 21.3. The Balaban J connectivity index is 1.38. The molecule has 4 rings (SSSR count). The lowest BCUT2D eigenvalue weighted by atomic mass is 9.96. The minimum Gasteiger partial charge on any atom is -0.340 e. The molecule has 0 spiro atoms. The van der Waals surface area contributed by atoms with Crippen molar-refractivity contribution < 1.29 is 13.2 Å². The van der Waals surface area contributed by atoms with E-state index < -0.39 is 9.84 Å². The first-order valence-electron chi connectivity index (χ1n) is 10.8. The molecule has 0 saturated carbocycles. The van der Waals surface area contributed by atoms with Gasteiger partial charge in [-0.3, -0.25) is 9.69 Å².